The number of nitrogens with two attached hydrogens (primary N) is 1. The van der Waals surface area contributed by atoms with Crippen molar-refractivity contribution in [1.29, 1.82) is 0 Å². The molecule has 1 aliphatic heterocycles. The van der Waals surface area contributed by atoms with Crippen molar-refractivity contribution in [2.75, 3.05) is 5.73 Å². The molecule has 3 aliphatic rings. The Balaban J connectivity index is 1.41. The molecule has 1 atom stereocenters. The van der Waals surface area contributed by atoms with Gasteiger partial charge in [-0.2, -0.15) is 4.68 Å². The van der Waals surface area contributed by atoms with Crippen LogP contribution in [0.2, 0.25) is 10.0 Å². The summed E-state index contributed by atoms with van der Waals surface area (Å²) in [7, 11) is 0. The van der Waals surface area contributed by atoms with Gasteiger partial charge in [-0.05, 0) is 54.7 Å². The number of nitrogens with one attached hydrogen (secondary N) is 2. The molecule has 12 heteroatoms. The van der Waals surface area contributed by atoms with Crippen molar-refractivity contribution in [2.24, 2.45) is 16.4 Å². The van der Waals surface area contributed by atoms with E-state index in [4.69, 9.17) is 33.7 Å². The number of nitrogens with zero attached hydrogens (tertiary/aromatic N) is 3. The maximum Gasteiger partial charge on any atom is 0.349 e. The monoisotopic (exact) mass is 464 g/mol. The highest BCUT2D eigenvalue weighted by Crippen LogP contribution is 2.65. The summed E-state index contributed by atoms with van der Waals surface area (Å²) in [6, 6.07) is 2.79. The Bertz CT molecular complexity index is 1230. The Labute approximate surface area is 185 Å². The molecule has 2 aromatic rings. The number of hydrogen-bond acceptors (Lipinski definition) is 8. The van der Waals surface area contributed by atoms with Crippen molar-refractivity contribution in [2.45, 2.75) is 31.9 Å². The minimum Gasteiger partial charge on any atom is -0.434 e. The van der Waals surface area contributed by atoms with Gasteiger partial charge < -0.3 is 15.6 Å². The summed E-state index contributed by atoms with van der Waals surface area (Å²) in [4.78, 5) is 25.5. The van der Waals surface area contributed by atoms with Crippen LogP contribution in [0.3, 0.4) is 0 Å². The number of aliphatic hydroxyl groups excluding tert-OH is 1. The largest absolute Gasteiger partial charge is 0.434 e. The number of nitrogen functional groups attached to an aromatic ring is 1. The Morgan fingerprint density at radius 2 is 1.90 bits per heavy atom. The third-order valence-electron chi connectivity index (χ3n) is 5.98. The van der Waals surface area contributed by atoms with E-state index in [1.54, 1.807) is 6.08 Å². The zero-order chi connectivity index (χ0) is 21.9. The Morgan fingerprint density at radius 1 is 1.23 bits per heavy atom. The summed E-state index contributed by atoms with van der Waals surface area (Å²) in [5.74, 6) is 0.237. The summed E-state index contributed by atoms with van der Waals surface area (Å²) < 4.78 is 6.66. The van der Waals surface area contributed by atoms with E-state index >= 15 is 0 Å². The zero-order valence-electron chi connectivity index (χ0n) is 16.1. The number of rotatable bonds is 3. The van der Waals surface area contributed by atoms with E-state index in [1.165, 1.54) is 25.0 Å². The average molecular weight is 465 g/mol. The summed E-state index contributed by atoms with van der Waals surface area (Å²) in [6.07, 6.45) is 5.49. The predicted octanol–water partition coefficient (Wildman–Crippen LogP) is 1.54. The number of aliphatic hydroxyl groups is 1. The lowest BCUT2D eigenvalue weighted by atomic mass is 9.68. The van der Waals surface area contributed by atoms with Crippen molar-refractivity contribution in [1.82, 2.24) is 20.2 Å². The van der Waals surface area contributed by atoms with Crippen LogP contribution in [-0.2, 0) is 0 Å². The molecule has 0 bridgehead atoms. The van der Waals surface area contributed by atoms with Crippen LogP contribution in [0, 0.1) is 11.3 Å². The van der Waals surface area contributed by atoms with Crippen molar-refractivity contribution < 1.29 is 9.84 Å². The van der Waals surface area contributed by atoms with Gasteiger partial charge in [-0.25, -0.2) is 4.79 Å². The quantitative estimate of drug-likeness (QED) is 0.538. The lowest BCUT2D eigenvalue weighted by Gasteiger charge is -2.39. The van der Waals surface area contributed by atoms with Crippen molar-refractivity contribution in [3.8, 4) is 11.4 Å². The van der Waals surface area contributed by atoms with Crippen LogP contribution in [0.4, 0.5) is 5.82 Å². The normalized spacial score (nSPS) is 21.7. The third-order valence-corrected chi connectivity index (χ3v) is 6.54. The molecule has 1 aromatic carbocycles. The minimum absolute atomic E-state index is 0.0883. The van der Waals surface area contributed by atoms with Gasteiger partial charge in [-0.3, -0.25) is 15.2 Å². The number of hydrazone groups is 1. The van der Waals surface area contributed by atoms with Gasteiger partial charge in [0.15, 0.2) is 12.0 Å². The van der Waals surface area contributed by atoms with Crippen LogP contribution < -0.4 is 27.1 Å². The molecule has 2 fully saturated rings. The SMILES string of the molecule is Nc1nn(-c2cc(Cl)c(OC3=NNC(O)C(C4CC5(CC5)C4)=C3)c(Cl)c2)c(=O)[nH]c1=O. The van der Waals surface area contributed by atoms with Gasteiger partial charge >= 0.3 is 5.69 Å². The minimum atomic E-state index is -0.856. The molecule has 2 saturated carbocycles. The molecule has 0 saturated heterocycles. The molecule has 1 unspecified atom stereocenters. The second-order valence-corrected chi connectivity index (χ2v) is 8.94. The standard InChI is InChI=1S/C19H18Cl2N6O4/c20-11-3-9(27-18(30)23-17(29)15(22)26-27)4-12(21)14(11)31-13-5-10(16(28)25-24-13)8-6-19(7-8)1-2-19/h3-5,8,16,25,28H,1-2,6-7H2,(H2,22,26)(H,23,29,30). The first-order chi connectivity index (χ1) is 14.7. The number of H-pyrrole nitrogens is 1. The van der Waals surface area contributed by atoms with E-state index in [2.05, 4.69) is 20.6 Å². The molecule has 0 amide bonds. The van der Waals surface area contributed by atoms with Crippen LogP contribution >= 0.6 is 23.2 Å². The van der Waals surface area contributed by atoms with E-state index in [0.29, 0.717) is 5.41 Å². The molecule has 5 N–H and O–H groups in total. The lowest BCUT2D eigenvalue weighted by molar-refractivity contribution is 0.117. The first-order valence-corrected chi connectivity index (χ1v) is 10.4. The number of halogens is 2. The zero-order valence-corrected chi connectivity index (χ0v) is 17.6. The number of aromatic amines is 1. The molecule has 162 valence electrons. The Hall–Kier alpha value is -2.82. The Morgan fingerprint density at radius 3 is 2.55 bits per heavy atom. The van der Waals surface area contributed by atoms with Gasteiger partial charge in [-0.1, -0.05) is 23.2 Å². The number of ether oxygens (including phenoxy) is 1. The van der Waals surface area contributed by atoms with Crippen LogP contribution in [0.1, 0.15) is 25.7 Å². The fourth-order valence-corrected chi connectivity index (χ4v) is 4.66. The van der Waals surface area contributed by atoms with Crippen molar-refractivity contribution in [3.05, 3.63) is 54.7 Å². The van der Waals surface area contributed by atoms with Crippen molar-refractivity contribution >= 4 is 34.9 Å². The molecule has 2 heterocycles. The highest BCUT2D eigenvalue weighted by atomic mass is 35.5. The maximum atomic E-state index is 12.0. The van der Waals surface area contributed by atoms with Gasteiger partial charge in [0.05, 0.1) is 15.7 Å². The van der Waals surface area contributed by atoms with E-state index < -0.39 is 17.5 Å². The lowest BCUT2D eigenvalue weighted by Crippen LogP contribution is -2.40. The summed E-state index contributed by atoms with van der Waals surface area (Å²) in [5, 5.41) is 18.2. The number of anilines is 1. The molecule has 31 heavy (non-hydrogen) atoms. The van der Waals surface area contributed by atoms with Crippen molar-refractivity contribution in [3.63, 3.8) is 0 Å². The highest BCUT2D eigenvalue weighted by Gasteiger charge is 2.54. The molecule has 10 nitrogen and oxygen atoms in total. The van der Waals surface area contributed by atoms with Gasteiger partial charge in [0.25, 0.3) is 5.56 Å². The first kappa shape index (κ1) is 20.1. The van der Waals surface area contributed by atoms with E-state index in [9.17, 15) is 14.7 Å². The molecule has 1 aromatic heterocycles. The number of hydrogen-bond donors (Lipinski definition) is 4. The second kappa shape index (κ2) is 7.11. The second-order valence-electron chi connectivity index (χ2n) is 8.13. The summed E-state index contributed by atoms with van der Waals surface area (Å²) in [5.41, 5.74) is 8.06. The molecular weight excluding hydrogens is 447 g/mol. The molecule has 0 radical (unpaired) electrons. The maximum absolute atomic E-state index is 12.0. The van der Waals surface area contributed by atoms with Gasteiger partial charge in [0.1, 0.15) is 0 Å². The number of aromatic nitrogens is 3. The third kappa shape index (κ3) is 3.60. The number of benzene rings is 1. The van der Waals surface area contributed by atoms with E-state index in [0.717, 1.165) is 23.1 Å². The van der Waals surface area contributed by atoms with Crippen LogP contribution in [-0.4, -0.2) is 32.0 Å². The van der Waals surface area contributed by atoms with E-state index in [1.807, 2.05) is 0 Å². The molecule has 2 aliphatic carbocycles. The molecule has 5 rings (SSSR count). The van der Waals surface area contributed by atoms with Gasteiger partial charge in [0.2, 0.25) is 11.7 Å². The van der Waals surface area contributed by atoms with Crippen LogP contribution in [0.5, 0.6) is 5.75 Å². The average Bonchev–Trinajstić information content (AvgIpc) is 3.49. The smallest absolute Gasteiger partial charge is 0.349 e. The van der Waals surface area contributed by atoms with Crippen LogP contribution in [0.25, 0.3) is 5.69 Å². The highest BCUT2D eigenvalue weighted by molar-refractivity contribution is 6.37. The Kier molecular flexibility index (Phi) is 4.61. The van der Waals surface area contributed by atoms with Crippen LogP contribution in [0.15, 0.2) is 38.5 Å². The predicted molar refractivity (Wildman–Crippen MR) is 115 cm³/mol. The fraction of sp³-hybridized carbons (Fsp3) is 0.368. The topological polar surface area (TPSA) is 148 Å². The molecular formula is C19H18Cl2N6O4. The first-order valence-electron chi connectivity index (χ1n) is 9.64. The molecule has 1 spiro atoms. The van der Waals surface area contributed by atoms with Gasteiger partial charge in [0, 0.05) is 6.08 Å². The van der Waals surface area contributed by atoms with E-state index in [-0.39, 0.29) is 39.1 Å². The van der Waals surface area contributed by atoms with Gasteiger partial charge in [-0.15, -0.1) is 10.2 Å². The summed E-state index contributed by atoms with van der Waals surface area (Å²) >= 11 is 12.7. The summed E-state index contributed by atoms with van der Waals surface area (Å²) in [6.45, 7) is 0. The fourth-order valence-electron chi connectivity index (χ4n) is 4.11.